The number of nitrogens with zero attached hydrogens (tertiary/aromatic N) is 2. The van der Waals surface area contributed by atoms with Gasteiger partial charge in [0.15, 0.2) is 0 Å². The van der Waals surface area contributed by atoms with Crippen LogP contribution >= 0.6 is 11.3 Å². The first-order chi connectivity index (χ1) is 9.31. The molecule has 0 aliphatic rings. The molecule has 5 nitrogen and oxygen atoms in total. The number of amides is 1. The zero-order valence-electron chi connectivity index (χ0n) is 9.85. The monoisotopic (exact) mass is 273 g/mol. The maximum Gasteiger partial charge on any atom is 0.281 e. The van der Waals surface area contributed by atoms with Gasteiger partial charge in [0.1, 0.15) is 5.71 Å². The molecular weight excluding hydrogens is 262 g/mol. The number of thiophene rings is 1. The van der Waals surface area contributed by atoms with Crippen LogP contribution in [0.4, 0.5) is 0 Å². The third-order valence-electron chi connectivity index (χ3n) is 2.27. The average Bonchev–Trinajstić information content (AvgIpc) is 2.98. The van der Waals surface area contributed by atoms with Crippen molar-refractivity contribution in [1.29, 1.82) is 0 Å². The van der Waals surface area contributed by atoms with Gasteiger partial charge < -0.3 is 5.21 Å². The zero-order valence-corrected chi connectivity index (χ0v) is 10.7. The molecular formula is C13H11N3O2S. The van der Waals surface area contributed by atoms with Gasteiger partial charge in [0.05, 0.1) is 11.1 Å². The minimum absolute atomic E-state index is 0.297. The van der Waals surface area contributed by atoms with Crippen LogP contribution in [0.2, 0.25) is 0 Å². The number of hydrogen-bond donors (Lipinski definition) is 2. The number of carbonyl (C=O) groups excluding carboxylic acids is 1. The van der Waals surface area contributed by atoms with Crippen molar-refractivity contribution in [2.24, 2.45) is 10.3 Å². The van der Waals surface area contributed by atoms with Crippen LogP contribution in [0.5, 0.6) is 0 Å². The summed E-state index contributed by atoms with van der Waals surface area (Å²) in [4.78, 5) is 12.3. The van der Waals surface area contributed by atoms with E-state index in [1.54, 1.807) is 24.3 Å². The molecule has 1 amide bonds. The molecule has 0 radical (unpaired) electrons. The Bertz CT molecular complexity index is 592. The van der Waals surface area contributed by atoms with Gasteiger partial charge in [-0.3, -0.25) is 4.79 Å². The summed E-state index contributed by atoms with van der Waals surface area (Å²) in [5.41, 5.74) is 3.54. The highest BCUT2D eigenvalue weighted by Crippen LogP contribution is 2.07. The highest BCUT2D eigenvalue weighted by atomic mass is 32.1. The molecule has 0 fully saturated rings. The number of hydrogen-bond acceptors (Lipinski definition) is 5. The highest BCUT2D eigenvalue weighted by molar-refractivity contribution is 7.12. The van der Waals surface area contributed by atoms with Crippen LogP contribution in [-0.4, -0.2) is 23.0 Å². The minimum atomic E-state index is -0.297. The second-order valence-corrected chi connectivity index (χ2v) is 4.47. The van der Waals surface area contributed by atoms with E-state index in [1.165, 1.54) is 17.6 Å². The van der Waals surface area contributed by atoms with Crippen LogP contribution in [0.1, 0.15) is 15.2 Å². The first kappa shape index (κ1) is 13.0. The van der Waals surface area contributed by atoms with E-state index in [0.717, 1.165) is 5.56 Å². The van der Waals surface area contributed by atoms with Gasteiger partial charge in [-0.25, -0.2) is 5.43 Å². The average molecular weight is 273 g/mol. The molecule has 96 valence electrons. The molecule has 1 heterocycles. The van der Waals surface area contributed by atoms with Crippen molar-refractivity contribution in [3.8, 4) is 0 Å². The summed E-state index contributed by atoms with van der Waals surface area (Å²) in [6.45, 7) is 0. The lowest BCUT2D eigenvalue weighted by molar-refractivity contribution is 0.0959. The van der Waals surface area contributed by atoms with Crippen molar-refractivity contribution in [3.05, 3.63) is 58.3 Å². The van der Waals surface area contributed by atoms with Crippen LogP contribution < -0.4 is 5.43 Å². The molecule has 0 aliphatic carbocycles. The van der Waals surface area contributed by atoms with E-state index in [9.17, 15) is 4.79 Å². The fraction of sp³-hybridized carbons (Fsp3) is 0. The molecule has 0 saturated heterocycles. The Hall–Kier alpha value is -2.47. The van der Waals surface area contributed by atoms with Crippen molar-refractivity contribution in [3.63, 3.8) is 0 Å². The first-order valence-electron chi connectivity index (χ1n) is 5.45. The van der Waals surface area contributed by atoms with Crippen LogP contribution in [0, 0.1) is 0 Å². The maximum absolute atomic E-state index is 11.7. The quantitative estimate of drug-likeness (QED) is 0.510. The molecule has 6 heteroatoms. The summed E-state index contributed by atoms with van der Waals surface area (Å²) in [5.74, 6) is -0.297. The van der Waals surface area contributed by atoms with Gasteiger partial charge in [-0.1, -0.05) is 41.6 Å². The molecule has 2 aromatic rings. The molecule has 1 aromatic heterocycles. The minimum Gasteiger partial charge on any atom is -0.411 e. The van der Waals surface area contributed by atoms with Gasteiger partial charge in [0, 0.05) is 5.56 Å². The number of oxime groups is 1. The van der Waals surface area contributed by atoms with Crippen LogP contribution in [0.3, 0.4) is 0 Å². The summed E-state index contributed by atoms with van der Waals surface area (Å²) < 4.78 is 0. The number of nitrogens with one attached hydrogen (secondary N) is 1. The molecule has 0 spiro atoms. The molecule has 2 rings (SSSR count). The van der Waals surface area contributed by atoms with Gasteiger partial charge in [0.2, 0.25) is 0 Å². The molecule has 0 atom stereocenters. The molecule has 0 unspecified atom stereocenters. The Kier molecular flexibility index (Phi) is 4.41. The van der Waals surface area contributed by atoms with Crippen molar-refractivity contribution >= 4 is 29.2 Å². The number of carbonyl (C=O) groups is 1. The summed E-state index contributed by atoms with van der Waals surface area (Å²) in [7, 11) is 0. The van der Waals surface area contributed by atoms with Crippen LogP contribution in [-0.2, 0) is 0 Å². The van der Waals surface area contributed by atoms with E-state index in [4.69, 9.17) is 5.21 Å². The summed E-state index contributed by atoms with van der Waals surface area (Å²) in [5, 5.41) is 17.3. The van der Waals surface area contributed by atoms with Gasteiger partial charge in [-0.05, 0) is 11.4 Å². The zero-order chi connectivity index (χ0) is 13.5. The van der Waals surface area contributed by atoms with Crippen LogP contribution in [0.15, 0.2) is 58.1 Å². The largest absolute Gasteiger partial charge is 0.411 e. The smallest absolute Gasteiger partial charge is 0.281 e. The Morgan fingerprint density at radius 3 is 2.63 bits per heavy atom. The summed E-state index contributed by atoms with van der Waals surface area (Å²) in [6, 6.07) is 12.6. The lowest BCUT2D eigenvalue weighted by Crippen LogP contribution is -2.19. The SMILES string of the molecule is O=C(N/N=C(\C=N\O)c1ccccc1)c1cccs1. The Morgan fingerprint density at radius 1 is 1.21 bits per heavy atom. The van der Waals surface area contributed by atoms with Crippen molar-refractivity contribution in [1.82, 2.24) is 5.43 Å². The van der Waals surface area contributed by atoms with E-state index in [1.807, 2.05) is 23.6 Å². The Balaban J connectivity index is 2.16. The molecule has 0 saturated carbocycles. The number of benzene rings is 1. The third kappa shape index (κ3) is 3.49. The molecule has 2 N–H and O–H groups in total. The fourth-order valence-corrected chi connectivity index (χ4v) is 2.02. The second-order valence-electron chi connectivity index (χ2n) is 3.53. The molecule has 19 heavy (non-hydrogen) atoms. The van der Waals surface area contributed by atoms with E-state index in [2.05, 4.69) is 15.7 Å². The molecule has 1 aromatic carbocycles. The van der Waals surface area contributed by atoms with Crippen molar-refractivity contribution in [2.45, 2.75) is 0 Å². The predicted octanol–water partition coefficient (Wildman–Crippen LogP) is 2.34. The highest BCUT2D eigenvalue weighted by Gasteiger charge is 2.06. The van der Waals surface area contributed by atoms with Crippen molar-refractivity contribution < 1.29 is 10.0 Å². The van der Waals surface area contributed by atoms with E-state index in [-0.39, 0.29) is 5.91 Å². The lowest BCUT2D eigenvalue weighted by atomic mass is 10.1. The van der Waals surface area contributed by atoms with Gasteiger partial charge in [-0.2, -0.15) is 5.10 Å². The summed E-state index contributed by atoms with van der Waals surface area (Å²) in [6.07, 6.45) is 1.17. The topological polar surface area (TPSA) is 74.0 Å². The number of rotatable bonds is 4. The maximum atomic E-state index is 11.7. The molecule has 0 aliphatic heterocycles. The van der Waals surface area contributed by atoms with Gasteiger partial charge >= 0.3 is 0 Å². The first-order valence-corrected chi connectivity index (χ1v) is 6.33. The van der Waals surface area contributed by atoms with E-state index < -0.39 is 0 Å². The number of hydrazone groups is 1. The lowest BCUT2D eigenvalue weighted by Gasteiger charge is -2.01. The standard InChI is InChI=1S/C13H11N3O2S/c17-13(12-7-4-8-19-12)16-15-11(9-14-18)10-5-2-1-3-6-10/h1-9,18H,(H,16,17)/b14-9+,15-11+. The third-order valence-corrected chi connectivity index (χ3v) is 3.14. The Morgan fingerprint density at radius 2 is 2.00 bits per heavy atom. The van der Waals surface area contributed by atoms with Gasteiger partial charge in [-0.15, -0.1) is 11.3 Å². The van der Waals surface area contributed by atoms with E-state index >= 15 is 0 Å². The molecule has 0 bridgehead atoms. The Labute approximate surface area is 113 Å². The second kappa shape index (κ2) is 6.46. The summed E-state index contributed by atoms with van der Waals surface area (Å²) >= 11 is 1.33. The van der Waals surface area contributed by atoms with Crippen molar-refractivity contribution in [2.75, 3.05) is 0 Å². The predicted molar refractivity (Wildman–Crippen MR) is 75.0 cm³/mol. The van der Waals surface area contributed by atoms with Crippen LogP contribution in [0.25, 0.3) is 0 Å². The van der Waals surface area contributed by atoms with E-state index in [0.29, 0.717) is 10.6 Å². The van der Waals surface area contributed by atoms with Gasteiger partial charge in [0.25, 0.3) is 5.91 Å². The fourth-order valence-electron chi connectivity index (χ4n) is 1.41. The normalized spacial score (nSPS) is 11.7.